The molecule has 3 heteroatoms. The molecule has 0 aliphatic heterocycles. The first-order valence-corrected chi connectivity index (χ1v) is 4.92. The second-order valence-corrected chi connectivity index (χ2v) is 4.24. The molecule has 0 fully saturated rings. The number of hydrogen-bond acceptors (Lipinski definition) is 1. The molecule has 2 nitrogen and oxygen atoms in total. The van der Waals surface area contributed by atoms with Gasteiger partial charge in [-0.15, -0.1) is 0 Å². The van der Waals surface area contributed by atoms with Crippen molar-refractivity contribution in [2.45, 2.75) is 32.6 Å². The Morgan fingerprint density at radius 1 is 1.47 bits per heavy atom. The summed E-state index contributed by atoms with van der Waals surface area (Å²) in [4.78, 5) is 10.6. The zero-order chi connectivity index (χ0) is 11.6. The van der Waals surface area contributed by atoms with E-state index >= 15 is 0 Å². The van der Waals surface area contributed by atoms with Gasteiger partial charge in [0.05, 0.1) is 5.56 Å². The molecule has 0 spiro atoms. The van der Waals surface area contributed by atoms with Gasteiger partial charge in [-0.2, -0.15) is 0 Å². The Hall–Kier alpha value is -1.38. The van der Waals surface area contributed by atoms with Crippen molar-refractivity contribution in [1.82, 2.24) is 0 Å². The minimum absolute atomic E-state index is 0.127. The molecule has 15 heavy (non-hydrogen) atoms. The zero-order valence-corrected chi connectivity index (χ0v) is 9.17. The maximum atomic E-state index is 13.4. The van der Waals surface area contributed by atoms with Gasteiger partial charge in [-0.3, -0.25) is 0 Å². The van der Waals surface area contributed by atoms with E-state index in [9.17, 15) is 9.18 Å². The molecule has 82 valence electrons. The average Bonchev–Trinajstić information content (AvgIpc) is 2.17. The molecular weight excluding hydrogens is 195 g/mol. The Labute approximate surface area is 88.7 Å². The standard InChI is InChI=1S/C12H15FO2/c1-4-12(2,3)8-5-6-9(11(14)15)10(13)7-8/h5-7H,4H2,1-3H3,(H,14,15). The first-order valence-electron chi connectivity index (χ1n) is 4.92. The zero-order valence-electron chi connectivity index (χ0n) is 9.17. The van der Waals surface area contributed by atoms with E-state index in [-0.39, 0.29) is 11.0 Å². The largest absolute Gasteiger partial charge is 0.478 e. The molecule has 0 unspecified atom stereocenters. The molecule has 0 saturated carbocycles. The van der Waals surface area contributed by atoms with Crippen LogP contribution < -0.4 is 0 Å². The van der Waals surface area contributed by atoms with Crippen LogP contribution in [0.15, 0.2) is 18.2 Å². The monoisotopic (exact) mass is 210 g/mol. The number of carbonyl (C=O) groups is 1. The molecule has 0 aromatic heterocycles. The van der Waals surface area contributed by atoms with Gasteiger partial charge in [0.15, 0.2) is 0 Å². The number of carboxylic acid groups (broad SMARTS) is 1. The molecular formula is C12H15FO2. The summed E-state index contributed by atoms with van der Waals surface area (Å²) >= 11 is 0. The van der Waals surface area contributed by atoms with Gasteiger partial charge in [0.2, 0.25) is 0 Å². The number of carboxylic acids is 1. The van der Waals surface area contributed by atoms with Crippen molar-refractivity contribution in [3.63, 3.8) is 0 Å². The summed E-state index contributed by atoms with van der Waals surface area (Å²) in [5, 5.41) is 8.68. The molecule has 0 saturated heterocycles. The Morgan fingerprint density at radius 2 is 2.07 bits per heavy atom. The SMILES string of the molecule is CCC(C)(C)c1ccc(C(=O)O)c(F)c1. The molecule has 0 aliphatic rings. The second kappa shape index (κ2) is 4.01. The van der Waals surface area contributed by atoms with E-state index in [1.165, 1.54) is 12.1 Å². The maximum absolute atomic E-state index is 13.4. The summed E-state index contributed by atoms with van der Waals surface area (Å²) in [7, 11) is 0. The lowest BCUT2D eigenvalue weighted by molar-refractivity contribution is 0.0692. The van der Waals surface area contributed by atoms with Crippen LogP contribution in [0.3, 0.4) is 0 Å². The molecule has 1 rings (SSSR count). The van der Waals surface area contributed by atoms with Crippen LogP contribution in [-0.4, -0.2) is 11.1 Å². The summed E-state index contributed by atoms with van der Waals surface area (Å²) in [5.74, 6) is -1.89. The highest BCUT2D eigenvalue weighted by Crippen LogP contribution is 2.27. The minimum Gasteiger partial charge on any atom is -0.478 e. The quantitative estimate of drug-likeness (QED) is 0.831. The molecule has 0 radical (unpaired) electrons. The normalized spacial score (nSPS) is 11.5. The fraction of sp³-hybridized carbons (Fsp3) is 0.417. The second-order valence-electron chi connectivity index (χ2n) is 4.24. The molecule has 1 aromatic rings. The van der Waals surface area contributed by atoms with Crippen LogP contribution in [0, 0.1) is 5.82 Å². The van der Waals surface area contributed by atoms with Crippen molar-refractivity contribution in [2.24, 2.45) is 0 Å². The highest BCUT2D eigenvalue weighted by molar-refractivity contribution is 5.87. The van der Waals surface area contributed by atoms with Crippen molar-refractivity contribution < 1.29 is 14.3 Å². The lowest BCUT2D eigenvalue weighted by atomic mass is 9.82. The van der Waals surface area contributed by atoms with Crippen LogP contribution >= 0.6 is 0 Å². The third kappa shape index (κ3) is 2.35. The topological polar surface area (TPSA) is 37.3 Å². The van der Waals surface area contributed by atoms with Crippen LogP contribution in [-0.2, 0) is 5.41 Å². The van der Waals surface area contributed by atoms with Crippen molar-refractivity contribution in [2.75, 3.05) is 0 Å². The third-order valence-electron chi connectivity index (χ3n) is 2.86. The molecule has 0 amide bonds. The van der Waals surface area contributed by atoms with Crippen molar-refractivity contribution >= 4 is 5.97 Å². The van der Waals surface area contributed by atoms with Gasteiger partial charge in [0.1, 0.15) is 5.82 Å². The van der Waals surface area contributed by atoms with Crippen molar-refractivity contribution in [3.05, 3.63) is 35.1 Å². The summed E-state index contributed by atoms with van der Waals surface area (Å²) in [6.45, 7) is 6.02. The van der Waals surface area contributed by atoms with Gasteiger partial charge in [-0.05, 0) is 29.5 Å². The van der Waals surface area contributed by atoms with E-state index in [1.54, 1.807) is 6.07 Å². The summed E-state index contributed by atoms with van der Waals surface area (Å²) in [6.07, 6.45) is 0.874. The van der Waals surface area contributed by atoms with E-state index in [4.69, 9.17) is 5.11 Å². The number of rotatable bonds is 3. The molecule has 1 aromatic carbocycles. The Kier molecular flexibility index (Phi) is 3.12. The van der Waals surface area contributed by atoms with Gasteiger partial charge in [-0.25, -0.2) is 9.18 Å². The third-order valence-corrected chi connectivity index (χ3v) is 2.86. The first-order chi connectivity index (χ1) is 6.88. The lowest BCUT2D eigenvalue weighted by Gasteiger charge is -2.23. The van der Waals surface area contributed by atoms with Gasteiger partial charge in [0, 0.05) is 0 Å². The van der Waals surface area contributed by atoms with Crippen molar-refractivity contribution in [1.29, 1.82) is 0 Å². The molecule has 0 bridgehead atoms. The van der Waals surface area contributed by atoms with Crippen LogP contribution in [0.5, 0.6) is 0 Å². The smallest absolute Gasteiger partial charge is 0.338 e. The average molecular weight is 210 g/mol. The van der Waals surface area contributed by atoms with Gasteiger partial charge < -0.3 is 5.11 Å². The van der Waals surface area contributed by atoms with Crippen LogP contribution in [0.4, 0.5) is 4.39 Å². The van der Waals surface area contributed by atoms with Gasteiger partial charge in [-0.1, -0.05) is 26.8 Å². The van der Waals surface area contributed by atoms with Gasteiger partial charge in [0.25, 0.3) is 0 Å². The maximum Gasteiger partial charge on any atom is 0.338 e. The van der Waals surface area contributed by atoms with Crippen LogP contribution in [0.1, 0.15) is 43.1 Å². The Morgan fingerprint density at radius 3 is 2.47 bits per heavy atom. The molecule has 1 N–H and O–H groups in total. The lowest BCUT2D eigenvalue weighted by Crippen LogP contribution is -2.16. The molecule has 0 atom stereocenters. The number of aromatic carboxylic acids is 1. The minimum atomic E-state index is -1.23. The Balaban J connectivity index is 3.18. The summed E-state index contributed by atoms with van der Waals surface area (Å²) in [6, 6.07) is 4.31. The predicted octanol–water partition coefficient (Wildman–Crippen LogP) is 3.21. The van der Waals surface area contributed by atoms with E-state index in [0.29, 0.717) is 0 Å². The van der Waals surface area contributed by atoms with E-state index in [1.807, 2.05) is 20.8 Å². The van der Waals surface area contributed by atoms with Crippen LogP contribution in [0.2, 0.25) is 0 Å². The highest BCUT2D eigenvalue weighted by atomic mass is 19.1. The molecule has 0 aliphatic carbocycles. The number of benzene rings is 1. The van der Waals surface area contributed by atoms with E-state index in [0.717, 1.165) is 12.0 Å². The number of halogens is 1. The molecule has 0 heterocycles. The van der Waals surface area contributed by atoms with Crippen LogP contribution in [0.25, 0.3) is 0 Å². The van der Waals surface area contributed by atoms with E-state index in [2.05, 4.69) is 0 Å². The fourth-order valence-corrected chi connectivity index (χ4v) is 1.31. The first kappa shape index (κ1) is 11.7. The van der Waals surface area contributed by atoms with Gasteiger partial charge >= 0.3 is 5.97 Å². The summed E-state index contributed by atoms with van der Waals surface area (Å²) < 4.78 is 13.4. The Bertz CT molecular complexity index is 383. The highest BCUT2D eigenvalue weighted by Gasteiger charge is 2.20. The van der Waals surface area contributed by atoms with Crippen molar-refractivity contribution in [3.8, 4) is 0 Å². The number of hydrogen-bond donors (Lipinski definition) is 1. The fourth-order valence-electron chi connectivity index (χ4n) is 1.31. The predicted molar refractivity (Wildman–Crippen MR) is 56.7 cm³/mol. The van der Waals surface area contributed by atoms with E-state index < -0.39 is 11.8 Å². The summed E-state index contributed by atoms with van der Waals surface area (Å²) in [5.41, 5.74) is 0.427.